The summed E-state index contributed by atoms with van der Waals surface area (Å²) in [6, 6.07) is 11.0. The van der Waals surface area contributed by atoms with Crippen LogP contribution in [0.25, 0.3) is 0 Å². The standard InChI is InChI=1S/C18H20N2O5S/c1-4-24-12-8-10-13(11-9-12)26(22,23)20-14-6-5-7-15-16(14)19-17(21)18(2,3)25-15/h5-11,20H,4H2,1-3H3,(H,19,21). The molecule has 1 aliphatic heterocycles. The molecule has 0 saturated carbocycles. The second-order valence-electron chi connectivity index (χ2n) is 6.26. The first-order valence-electron chi connectivity index (χ1n) is 8.12. The van der Waals surface area contributed by atoms with E-state index in [4.69, 9.17) is 9.47 Å². The Hall–Kier alpha value is -2.74. The van der Waals surface area contributed by atoms with Crippen LogP contribution in [-0.2, 0) is 14.8 Å². The summed E-state index contributed by atoms with van der Waals surface area (Å²) in [6.45, 7) is 5.63. The summed E-state index contributed by atoms with van der Waals surface area (Å²) in [6.07, 6.45) is 0. The quantitative estimate of drug-likeness (QED) is 0.837. The van der Waals surface area contributed by atoms with Crippen molar-refractivity contribution >= 4 is 27.3 Å². The van der Waals surface area contributed by atoms with Gasteiger partial charge in [0.1, 0.15) is 17.2 Å². The second-order valence-corrected chi connectivity index (χ2v) is 7.94. The molecule has 0 bridgehead atoms. The minimum atomic E-state index is -3.84. The van der Waals surface area contributed by atoms with E-state index in [2.05, 4.69) is 10.0 Å². The molecule has 26 heavy (non-hydrogen) atoms. The molecule has 2 aromatic carbocycles. The molecule has 1 amide bonds. The van der Waals surface area contributed by atoms with Crippen molar-refractivity contribution in [3.05, 3.63) is 42.5 Å². The van der Waals surface area contributed by atoms with Gasteiger partial charge in [0.2, 0.25) is 0 Å². The van der Waals surface area contributed by atoms with Gasteiger partial charge in [-0.15, -0.1) is 0 Å². The fourth-order valence-electron chi connectivity index (χ4n) is 2.50. The zero-order valence-electron chi connectivity index (χ0n) is 14.7. The number of amides is 1. The molecule has 2 N–H and O–H groups in total. The van der Waals surface area contributed by atoms with Crippen molar-refractivity contribution < 1.29 is 22.7 Å². The molecule has 8 heteroatoms. The minimum Gasteiger partial charge on any atom is -0.494 e. The van der Waals surface area contributed by atoms with Crippen molar-refractivity contribution in [1.29, 1.82) is 0 Å². The predicted molar refractivity (Wildman–Crippen MR) is 98.2 cm³/mol. The van der Waals surface area contributed by atoms with E-state index in [9.17, 15) is 13.2 Å². The summed E-state index contributed by atoms with van der Waals surface area (Å²) in [4.78, 5) is 12.2. The number of hydrogen-bond donors (Lipinski definition) is 2. The molecule has 0 aromatic heterocycles. The van der Waals surface area contributed by atoms with Crippen LogP contribution in [0.3, 0.4) is 0 Å². The number of carbonyl (C=O) groups is 1. The maximum Gasteiger partial charge on any atom is 0.268 e. The van der Waals surface area contributed by atoms with Gasteiger partial charge in [-0.1, -0.05) is 6.07 Å². The summed E-state index contributed by atoms with van der Waals surface area (Å²) in [5.74, 6) is 0.644. The van der Waals surface area contributed by atoms with Gasteiger partial charge in [-0.05, 0) is 57.2 Å². The monoisotopic (exact) mass is 376 g/mol. The van der Waals surface area contributed by atoms with E-state index in [1.165, 1.54) is 12.1 Å². The molecule has 0 fully saturated rings. The Labute approximate surface area is 152 Å². The van der Waals surface area contributed by atoms with E-state index in [0.717, 1.165) is 0 Å². The molecule has 0 atom stereocenters. The average molecular weight is 376 g/mol. The molecule has 0 radical (unpaired) electrons. The summed E-state index contributed by atoms with van der Waals surface area (Å²) in [7, 11) is -3.84. The number of anilines is 2. The number of sulfonamides is 1. The van der Waals surface area contributed by atoms with Crippen LogP contribution in [0.15, 0.2) is 47.4 Å². The highest BCUT2D eigenvalue weighted by Gasteiger charge is 2.36. The number of benzene rings is 2. The maximum absolute atomic E-state index is 12.7. The molecule has 138 valence electrons. The first-order chi connectivity index (χ1) is 12.2. The van der Waals surface area contributed by atoms with Gasteiger partial charge in [0, 0.05) is 0 Å². The third kappa shape index (κ3) is 3.45. The highest BCUT2D eigenvalue weighted by atomic mass is 32.2. The van der Waals surface area contributed by atoms with E-state index in [1.807, 2.05) is 6.92 Å². The summed E-state index contributed by atoms with van der Waals surface area (Å²) < 4.78 is 38.8. The third-order valence-electron chi connectivity index (χ3n) is 3.87. The molecule has 0 saturated heterocycles. The highest BCUT2D eigenvalue weighted by Crippen LogP contribution is 2.39. The van der Waals surface area contributed by atoms with Crippen molar-refractivity contribution in [3.63, 3.8) is 0 Å². The Morgan fingerprint density at radius 3 is 2.50 bits per heavy atom. The molecule has 0 unspecified atom stereocenters. The predicted octanol–water partition coefficient (Wildman–Crippen LogP) is 3.00. The van der Waals surface area contributed by atoms with Gasteiger partial charge in [-0.2, -0.15) is 0 Å². The van der Waals surface area contributed by atoms with Crippen LogP contribution in [0, 0.1) is 0 Å². The average Bonchev–Trinajstić information content (AvgIpc) is 2.57. The summed E-state index contributed by atoms with van der Waals surface area (Å²) in [5, 5.41) is 2.71. The number of ether oxygens (including phenoxy) is 2. The van der Waals surface area contributed by atoms with Gasteiger partial charge in [0.25, 0.3) is 15.9 Å². The van der Waals surface area contributed by atoms with E-state index in [0.29, 0.717) is 23.8 Å². The molecule has 1 aliphatic rings. The number of rotatable bonds is 5. The fourth-order valence-corrected chi connectivity index (χ4v) is 3.57. The van der Waals surface area contributed by atoms with Crippen LogP contribution in [0.2, 0.25) is 0 Å². The Balaban J connectivity index is 1.90. The van der Waals surface area contributed by atoms with E-state index < -0.39 is 15.6 Å². The third-order valence-corrected chi connectivity index (χ3v) is 5.25. The van der Waals surface area contributed by atoms with Crippen LogP contribution in [0.1, 0.15) is 20.8 Å². The minimum absolute atomic E-state index is 0.0851. The Bertz CT molecular complexity index is 937. The molecular weight excluding hydrogens is 356 g/mol. The van der Waals surface area contributed by atoms with Gasteiger partial charge in [-0.25, -0.2) is 8.42 Å². The number of carbonyl (C=O) groups excluding carboxylic acids is 1. The van der Waals surface area contributed by atoms with E-state index >= 15 is 0 Å². The van der Waals surface area contributed by atoms with Crippen molar-refractivity contribution in [2.45, 2.75) is 31.3 Å². The smallest absolute Gasteiger partial charge is 0.268 e. The molecule has 2 aromatic rings. The molecule has 3 rings (SSSR count). The van der Waals surface area contributed by atoms with Gasteiger partial charge in [0.05, 0.1) is 17.2 Å². The van der Waals surface area contributed by atoms with Crippen LogP contribution >= 0.6 is 0 Å². The van der Waals surface area contributed by atoms with Gasteiger partial charge >= 0.3 is 0 Å². The maximum atomic E-state index is 12.7. The Kier molecular flexibility index (Phi) is 4.53. The second kappa shape index (κ2) is 6.53. The van der Waals surface area contributed by atoms with E-state index in [-0.39, 0.29) is 16.5 Å². The largest absolute Gasteiger partial charge is 0.494 e. The zero-order valence-corrected chi connectivity index (χ0v) is 15.5. The van der Waals surface area contributed by atoms with Crippen LogP contribution in [-0.4, -0.2) is 26.5 Å². The molecule has 7 nitrogen and oxygen atoms in total. The molecule has 1 heterocycles. The van der Waals surface area contributed by atoms with Crippen molar-refractivity contribution in [3.8, 4) is 11.5 Å². The first kappa shape index (κ1) is 18.1. The Morgan fingerprint density at radius 1 is 1.15 bits per heavy atom. The van der Waals surface area contributed by atoms with Gasteiger partial charge in [-0.3, -0.25) is 9.52 Å². The van der Waals surface area contributed by atoms with Gasteiger partial charge in [0.15, 0.2) is 5.60 Å². The summed E-state index contributed by atoms with van der Waals surface area (Å²) >= 11 is 0. The lowest BCUT2D eigenvalue weighted by atomic mass is 10.1. The topological polar surface area (TPSA) is 93.7 Å². The Morgan fingerprint density at radius 2 is 1.85 bits per heavy atom. The lowest BCUT2D eigenvalue weighted by Crippen LogP contribution is -2.45. The van der Waals surface area contributed by atoms with Crippen molar-refractivity contribution in [2.24, 2.45) is 0 Å². The highest BCUT2D eigenvalue weighted by molar-refractivity contribution is 7.92. The van der Waals surface area contributed by atoms with Gasteiger partial charge < -0.3 is 14.8 Å². The molecule has 0 spiro atoms. The molecular formula is C18H20N2O5S. The van der Waals surface area contributed by atoms with Crippen molar-refractivity contribution in [1.82, 2.24) is 0 Å². The fraction of sp³-hybridized carbons (Fsp3) is 0.278. The lowest BCUT2D eigenvalue weighted by molar-refractivity contribution is -0.129. The molecule has 0 aliphatic carbocycles. The van der Waals surface area contributed by atoms with E-state index in [1.54, 1.807) is 44.2 Å². The zero-order chi connectivity index (χ0) is 18.9. The first-order valence-corrected chi connectivity index (χ1v) is 9.60. The number of fused-ring (bicyclic) bond motifs is 1. The van der Waals surface area contributed by atoms with Crippen LogP contribution < -0.4 is 19.5 Å². The number of para-hydroxylation sites is 1. The normalized spacial score (nSPS) is 15.4. The van der Waals surface area contributed by atoms with Crippen LogP contribution in [0.5, 0.6) is 11.5 Å². The number of hydrogen-bond acceptors (Lipinski definition) is 5. The van der Waals surface area contributed by atoms with Crippen molar-refractivity contribution in [2.75, 3.05) is 16.6 Å². The lowest BCUT2D eigenvalue weighted by Gasteiger charge is -2.32. The SMILES string of the molecule is CCOc1ccc(S(=O)(=O)Nc2cccc3c2NC(=O)C(C)(C)O3)cc1. The summed E-state index contributed by atoms with van der Waals surface area (Å²) in [5.41, 5.74) is -0.494. The van der Waals surface area contributed by atoms with Crippen LogP contribution in [0.4, 0.5) is 11.4 Å². The number of nitrogens with one attached hydrogen (secondary N) is 2.